The number of Topliss-reactive ketones (excluding diaryl/α,β-unsaturated/α-hetero) is 1. The molecule has 4 rings (SSSR count). The Morgan fingerprint density at radius 1 is 1.40 bits per heavy atom. The Morgan fingerprint density at radius 3 is 2.88 bits per heavy atom. The van der Waals surface area contributed by atoms with Gasteiger partial charge in [-0.25, -0.2) is 0 Å². The van der Waals surface area contributed by atoms with Crippen LogP contribution in [0.3, 0.4) is 0 Å². The molecule has 1 saturated carbocycles. The monoisotopic (exact) mass is 334 g/mol. The van der Waals surface area contributed by atoms with Gasteiger partial charge in [0.25, 0.3) is 0 Å². The Bertz CT molecular complexity index is 879. The number of rotatable bonds is 1. The largest absolute Gasteiger partial charge is 0.298 e. The van der Waals surface area contributed by atoms with Crippen molar-refractivity contribution in [3.63, 3.8) is 0 Å². The van der Waals surface area contributed by atoms with E-state index in [4.69, 9.17) is 5.10 Å². The van der Waals surface area contributed by atoms with E-state index in [-0.39, 0.29) is 23.0 Å². The minimum absolute atomic E-state index is 0.0862. The molecular formula is C20H22N4O. The fraction of sp³-hybridized carbons (Fsp3) is 0.500. The molecule has 0 bridgehead atoms. The first kappa shape index (κ1) is 16.0. The third-order valence-corrected chi connectivity index (χ3v) is 6.30. The van der Waals surface area contributed by atoms with E-state index in [1.165, 1.54) is 5.56 Å². The van der Waals surface area contributed by atoms with Crippen LogP contribution in [0.25, 0.3) is 11.4 Å². The van der Waals surface area contributed by atoms with Gasteiger partial charge in [-0.2, -0.15) is 10.4 Å². The van der Waals surface area contributed by atoms with Crippen LogP contribution >= 0.6 is 0 Å². The van der Waals surface area contributed by atoms with Crippen molar-refractivity contribution >= 4 is 5.78 Å². The molecule has 2 aliphatic carbocycles. The summed E-state index contributed by atoms with van der Waals surface area (Å²) in [4.78, 5) is 17.0. The van der Waals surface area contributed by atoms with Crippen LogP contribution in [0.2, 0.25) is 0 Å². The SMILES string of the molecule is C[C@@H]1C(=O)C(C#N)C[C@]2(C)c3nn(C)c(-c4ccccn4)c3CC[C@@H]12. The molecule has 2 aromatic heterocycles. The van der Waals surface area contributed by atoms with Crippen LogP contribution in [0.1, 0.15) is 37.9 Å². The number of fused-ring (bicyclic) bond motifs is 3. The molecule has 0 spiro atoms. The molecule has 0 N–H and O–H groups in total. The van der Waals surface area contributed by atoms with Crippen LogP contribution < -0.4 is 0 Å². The summed E-state index contributed by atoms with van der Waals surface area (Å²) in [5.41, 5.74) is 4.06. The minimum atomic E-state index is -0.525. The molecule has 2 aromatic rings. The maximum Gasteiger partial charge on any atom is 0.153 e. The normalized spacial score (nSPS) is 31.1. The van der Waals surface area contributed by atoms with Gasteiger partial charge in [0.1, 0.15) is 5.92 Å². The van der Waals surface area contributed by atoms with Gasteiger partial charge < -0.3 is 0 Å². The smallest absolute Gasteiger partial charge is 0.153 e. The van der Waals surface area contributed by atoms with Gasteiger partial charge in [-0.15, -0.1) is 0 Å². The van der Waals surface area contributed by atoms with Gasteiger partial charge >= 0.3 is 0 Å². The third-order valence-electron chi connectivity index (χ3n) is 6.30. The second kappa shape index (κ2) is 5.52. The zero-order valence-electron chi connectivity index (χ0n) is 14.9. The van der Waals surface area contributed by atoms with Crippen LogP contribution in [-0.2, 0) is 23.7 Å². The molecule has 0 radical (unpaired) electrons. The maximum absolute atomic E-state index is 12.5. The van der Waals surface area contributed by atoms with E-state index in [1.807, 2.05) is 36.9 Å². The van der Waals surface area contributed by atoms with Gasteiger partial charge in [-0.3, -0.25) is 14.5 Å². The average molecular weight is 334 g/mol. The van der Waals surface area contributed by atoms with E-state index in [0.29, 0.717) is 6.42 Å². The first-order chi connectivity index (χ1) is 12.0. The quantitative estimate of drug-likeness (QED) is 0.803. The molecule has 2 aliphatic rings. The molecular weight excluding hydrogens is 312 g/mol. The number of nitriles is 1. The highest BCUT2D eigenvalue weighted by molar-refractivity contribution is 5.87. The predicted octanol–water partition coefficient (Wildman–Crippen LogP) is 3.05. The number of hydrogen-bond acceptors (Lipinski definition) is 4. The van der Waals surface area contributed by atoms with Gasteiger partial charge in [0.15, 0.2) is 5.78 Å². The number of aromatic nitrogens is 3. The summed E-state index contributed by atoms with van der Waals surface area (Å²) in [5.74, 6) is -0.253. The van der Waals surface area contributed by atoms with E-state index in [9.17, 15) is 10.1 Å². The van der Waals surface area contributed by atoms with Crippen molar-refractivity contribution in [1.29, 1.82) is 5.26 Å². The summed E-state index contributed by atoms with van der Waals surface area (Å²) >= 11 is 0. The number of hydrogen-bond donors (Lipinski definition) is 0. The lowest BCUT2D eigenvalue weighted by Gasteiger charge is -2.48. The Balaban J connectivity index is 1.87. The van der Waals surface area contributed by atoms with Gasteiger partial charge in [0, 0.05) is 30.1 Å². The summed E-state index contributed by atoms with van der Waals surface area (Å²) in [6, 6.07) is 8.14. The highest BCUT2D eigenvalue weighted by Crippen LogP contribution is 2.53. The molecule has 5 nitrogen and oxygen atoms in total. The fourth-order valence-corrected chi connectivity index (χ4v) is 5.08. The van der Waals surface area contributed by atoms with Crippen molar-refractivity contribution < 1.29 is 4.79 Å². The first-order valence-electron chi connectivity index (χ1n) is 8.88. The zero-order valence-corrected chi connectivity index (χ0v) is 14.9. The summed E-state index contributed by atoms with van der Waals surface area (Å²) in [5, 5.41) is 14.3. The predicted molar refractivity (Wildman–Crippen MR) is 93.5 cm³/mol. The number of carbonyl (C=O) groups is 1. The van der Waals surface area contributed by atoms with Gasteiger partial charge in [-0.05, 0) is 37.3 Å². The topological polar surface area (TPSA) is 71.6 Å². The lowest BCUT2D eigenvalue weighted by molar-refractivity contribution is -0.132. The second-order valence-electron chi connectivity index (χ2n) is 7.65. The van der Waals surface area contributed by atoms with E-state index >= 15 is 0 Å². The maximum atomic E-state index is 12.5. The van der Waals surface area contributed by atoms with Crippen molar-refractivity contribution in [3.8, 4) is 17.5 Å². The van der Waals surface area contributed by atoms with Gasteiger partial charge in [-0.1, -0.05) is 19.9 Å². The summed E-state index contributed by atoms with van der Waals surface area (Å²) in [6.07, 6.45) is 4.24. The van der Waals surface area contributed by atoms with E-state index in [0.717, 1.165) is 29.9 Å². The Morgan fingerprint density at radius 2 is 2.20 bits per heavy atom. The summed E-state index contributed by atoms with van der Waals surface area (Å²) in [7, 11) is 1.96. The van der Waals surface area contributed by atoms with Crippen molar-refractivity contribution in [3.05, 3.63) is 35.7 Å². The number of pyridine rings is 1. The first-order valence-corrected chi connectivity index (χ1v) is 8.88. The lowest BCUT2D eigenvalue weighted by Crippen LogP contribution is -2.50. The molecule has 2 heterocycles. The number of aryl methyl sites for hydroxylation is 1. The van der Waals surface area contributed by atoms with Crippen LogP contribution in [0, 0.1) is 29.1 Å². The highest BCUT2D eigenvalue weighted by atomic mass is 16.1. The minimum Gasteiger partial charge on any atom is -0.298 e. The average Bonchev–Trinajstić information content (AvgIpc) is 2.96. The molecule has 4 atom stereocenters. The Labute approximate surface area is 147 Å². The van der Waals surface area contributed by atoms with Crippen molar-refractivity contribution in [2.24, 2.45) is 24.8 Å². The molecule has 0 saturated heterocycles. The standard InChI is InChI=1S/C20H22N4O/c1-12-15-8-7-14-17(16-6-4-5-9-22-16)24(3)23-19(14)20(15,2)10-13(11-21)18(12)25/h4-6,9,12-13,15H,7-8,10H2,1-3H3/t12-,13?,15-,20-/m0/s1. The number of ketones is 1. The van der Waals surface area contributed by atoms with Crippen molar-refractivity contribution in [2.45, 2.75) is 38.5 Å². The molecule has 5 heteroatoms. The van der Waals surface area contributed by atoms with Gasteiger partial charge in [0.2, 0.25) is 0 Å². The molecule has 25 heavy (non-hydrogen) atoms. The Kier molecular flexibility index (Phi) is 3.54. The molecule has 0 aromatic carbocycles. The summed E-state index contributed by atoms with van der Waals surface area (Å²) in [6.45, 7) is 4.18. The summed E-state index contributed by atoms with van der Waals surface area (Å²) < 4.78 is 1.92. The number of nitrogens with zero attached hydrogens (tertiary/aromatic N) is 4. The number of carbonyl (C=O) groups excluding carboxylic acids is 1. The van der Waals surface area contributed by atoms with Crippen molar-refractivity contribution in [1.82, 2.24) is 14.8 Å². The van der Waals surface area contributed by atoms with Crippen LogP contribution in [0.15, 0.2) is 24.4 Å². The van der Waals surface area contributed by atoms with Gasteiger partial charge in [0.05, 0.1) is 23.2 Å². The van der Waals surface area contributed by atoms with Crippen LogP contribution in [-0.4, -0.2) is 20.5 Å². The molecule has 1 fully saturated rings. The van der Waals surface area contributed by atoms with Crippen LogP contribution in [0.5, 0.6) is 0 Å². The molecule has 1 unspecified atom stereocenters. The van der Waals surface area contributed by atoms with E-state index in [2.05, 4.69) is 18.0 Å². The van der Waals surface area contributed by atoms with Crippen molar-refractivity contribution in [2.75, 3.05) is 0 Å². The zero-order chi connectivity index (χ0) is 17.8. The van der Waals surface area contributed by atoms with Crippen LogP contribution in [0.4, 0.5) is 0 Å². The van der Waals surface area contributed by atoms with E-state index < -0.39 is 5.92 Å². The molecule has 0 amide bonds. The molecule has 0 aliphatic heterocycles. The lowest BCUT2D eigenvalue weighted by atomic mass is 9.54. The second-order valence-corrected chi connectivity index (χ2v) is 7.65. The third kappa shape index (κ3) is 2.17. The van der Waals surface area contributed by atoms with E-state index in [1.54, 1.807) is 6.20 Å². The Hall–Kier alpha value is -2.48. The highest BCUT2D eigenvalue weighted by Gasteiger charge is 2.53. The molecule has 128 valence electrons. The fourth-order valence-electron chi connectivity index (χ4n) is 5.08.